The molecule has 1 N–H and O–H groups in total. The topological polar surface area (TPSA) is 12.0 Å². The van der Waals surface area contributed by atoms with Gasteiger partial charge in [-0.15, -0.1) is 0 Å². The van der Waals surface area contributed by atoms with Crippen LogP contribution in [0, 0.1) is 0 Å². The summed E-state index contributed by atoms with van der Waals surface area (Å²) in [5.74, 6) is 0. The lowest BCUT2D eigenvalue weighted by atomic mass is 10.2. The van der Waals surface area contributed by atoms with E-state index >= 15 is 0 Å². The van der Waals surface area contributed by atoms with Gasteiger partial charge in [0.05, 0.1) is 0 Å². The van der Waals surface area contributed by atoms with Gasteiger partial charge in [-0.2, -0.15) is 0 Å². The predicted molar refractivity (Wildman–Crippen MR) is 80.4 cm³/mol. The van der Waals surface area contributed by atoms with Gasteiger partial charge in [0.2, 0.25) is 0 Å². The molecule has 1 nitrogen and oxygen atoms in total. The number of rotatable bonds is 1. The third-order valence-electron chi connectivity index (χ3n) is 3.23. The van der Waals surface area contributed by atoms with Crippen molar-refractivity contribution < 1.29 is 0 Å². The molecule has 0 radical (unpaired) electrons. The lowest BCUT2D eigenvalue weighted by Crippen LogP contribution is -2.49. The molecule has 0 heterocycles. The van der Waals surface area contributed by atoms with Gasteiger partial charge >= 0.3 is 0 Å². The van der Waals surface area contributed by atoms with Crippen LogP contribution >= 0.6 is 15.9 Å². The maximum absolute atomic E-state index is 3.42. The minimum atomic E-state index is -1.13. The van der Waals surface area contributed by atoms with E-state index in [1.54, 1.807) is 0 Å². The van der Waals surface area contributed by atoms with Crippen LogP contribution in [0.4, 0.5) is 0 Å². The molecular weight excluding hydrogens is 278 g/mol. The molecular formula is C13H24BrNSi. The fraction of sp³-hybridized carbons (Fsp3) is 0.538. The molecule has 0 fully saturated rings. The monoisotopic (exact) mass is 301 g/mol. The largest absolute Gasteiger partial charge is 0.340 e. The smallest absolute Gasteiger partial charge is 0.124 e. The third-order valence-corrected chi connectivity index (χ3v) is 8.76. The number of hydrogen-bond acceptors (Lipinski definition) is 1. The number of benzene rings is 1. The normalized spacial score (nSPS) is 11.7. The Kier molecular flexibility index (Phi) is 6.52. The standard InChI is InChI=1S/C7H19NSi.C6H5Br/c1-7(2,3)9(5,6)8-4;7-6-4-2-1-3-5-6/h8H,1-6H3;1-5H. The Labute approximate surface area is 110 Å². The molecule has 0 aliphatic carbocycles. The van der Waals surface area contributed by atoms with Crippen LogP contribution in [0.1, 0.15) is 20.8 Å². The first-order valence-corrected chi connectivity index (χ1v) is 9.39. The SMILES string of the molecule is Brc1ccccc1.CN[Si](C)(C)C(C)(C)C. The molecule has 1 aromatic carbocycles. The fourth-order valence-electron chi connectivity index (χ4n) is 0.790. The van der Waals surface area contributed by atoms with Gasteiger partial charge < -0.3 is 4.98 Å². The predicted octanol–water partition coefficient (Wildman–Crippen LogP) is 4.66. The van der Waals surface area contributed by atoms with E-state index in [2.05, 4.69) is 61.8 Å². The fourth-order valence-corrected chi connectivity index (χ4v) is 1.84. The second-order valence-electron chi connectivity index (χ2n) is 5.42. The maximum atomic E-state index is 3.42. The molecule has 92 valence electrons. The second kappa shape index (κ2) is 6.57. The van der Waals surface area contributed by atoms with Gasteiger partial charge in [0, 0.05) is 4.47 Å². The zero-order valence-electron chi connectivity index (χ0n) is 11.3. The van der Waals surface area contributed by atoms with Crippen molar-refractivity contribution in [2.24, 2.45) is 0 Å². The molecule has 0 aliphatic rings. The first-order chi connectivity index (χ1) is 7.20. The average Bonchev–Trinajstić information content (AvgIpc) is 2.18. The Morgan fingerprint density at radius 3 is 1.62 bits per heavy atom. The summed E-state index contributed by atoms with van der Waals surface area (Å²) in [6.07, 6.45) is 0. The van der Waals surface area contributed by atoms with Crippen LogP contribution in [0.3, 0.4) is 0 Å². The summed E-state index contributed by atoms with van der Waals surface area (Å²) in [7, 11) is 0.938. The molecule has 3 heteroatoms. The quantitative estimate of drug-likeness (QED) is 0.744. The zero-order valence-corrected chi connectivity index (χ0v) is 13.9. The summed E-state index contributed by atoms with van der Waals surface area (Å²) in [5, 5.41) is 0.474. The van der Waals surface area contributed by atoms with Gasteiger partial charge in [0.1, 0.15) is 8.24 Å². The van der Waals surface area contributed by atoms with E-state index in [1.807, 2.05) is 30.3 Å². The summed E-state index contributed by atoms with van der Waals surface area (Å²) in [6.45, 7) is 11.6. The first kappa shape index (κ1) is 15.9. The molecule has 0 spiro atoms. The van der Waals surface area contributed by atoms with Crippen LogP contribution in [-0.2, 0) is 0 Å². The van der Waals surface area contributed by atoms with E-state index in [0.29, 0.717) is 5.04 Å². The van der Waals surface area contributed by atoms with Gasteiger partial charge in [-0.1, -0.05) is 68.0 Å². The van der Waals surface area contributed by atoms with Crippen molar-refractivity contribution >= 4 is 24.2 Å². The van der Waals surface area contributed by atoms with Gasteiger partial charge in [-0.25, -0.2) is 0 Å². The molecule has 0 saturated carbocycles. The Hall–Kier alpha value is -0.123. The van der Waals surface area contributed by atoms with Gasteiger partial charge in [-0.3, -0.25) is 0 Å². The number of nitrogens with one attached hydrogen (secondary N) is 1. The molecule has 1 rings (SSSR count). The lowest BCUT2D eigenvalue weighted by molar-refractivity contribution is 0.701. The van der Waals surface area contributed by atoms with Gasteiger partial charge in [0.25, 0.3) is 0 Å². The lowest BCUT2D eigenvalue weighted by Gasteiger charge is -2.35. The minimum absolute atomic E-state index is 0.474. The Bertz CT molecular complexity index is 291. The summed E-state index contributed by atoms with van der Waals surface area (Å²) >= 11 is 3.31. The van der Waals surface area contributed by atoms with Crippen LogP contribution in [0.2, 0.25) is 18.1 Å². The highest BCUT2D eigenvalue weighted by atomic mass is 79.9. The first-order valence-electron chi connectivity index (χ1n) is 5.60. The average molecular weight is 302 g/mol. The molecule has 0 aliphatic heterocycles. The highest BCUT2D eigenvalue weighted by Crippen LogP contribution is 2.33. The van der Waals surface area contributed by atoms with E-state index in [9.17, 15) is 0 Å². The van der Waals surface area contributed by atoms with Crippen LogP contribution in [0.25, 0.3) is 0 Å². The van der Waals surface area contributed by atoms with E-state index in [0.717, 1.165) is 4.47 Å². The van der Waals surface area contributed by atoms with Crippen LogP contribution in [0.5, 0.6) is 0 Å². The molecule has 16 heavy (non-hydrogen) atoms. The highest BCUT2D eigenvalue weighted by Gasteiger charge is 2.33. The molecule has 1 aromatic rings. The van der Waals surface area contributed by atoms with E-state index in [-0.39, 0.29) is 0 Å². The van der Waals surface area contributed by atoms with E-state index in [1.165, 1.54) is 0 Å². The van der Waals surface area contributed by atoms with Gasteiger partial charge in [0.15, 0.2) is 0 Å². The molecule has 0 bridgehead atoms. The van der Waals surface area contributed by atoms with E-state index < -0.39 is 8.24 Å². The zero-order chi connectivity index (χ0) is 12.8. The summed E-state index contributed by atoms with van der Waals surface area (Å²) < 4.78 is 1.13. The molecule has 0 amide bonds. The van der Waals surface area contributed by atoms with Crippen molar-refractivity contribution in [1.82, 2.24) is 4.98 Å². The van der Waals surface area contributed by atoms with Crippen molar-refractivity contribution in [1.29, 1.82) is 0 Å². The molecule has 0 aromatic heterocycles. The molecule has 0 atom stereocenters. The summed E-state index contributed by atoms with van der Waals surface area (Å²) in [4.78, 5) is 3.42. The van der Waals surface area contributed by atoms with Crippen molar-refractivity contribution in [3.63, 3.8) is 0 Å². The summed E-state index contributed by atoms with van der Waals surface area (Å²) in [6, 6.07) is 9.97. The van der Waals surface area contributed by atoms with Crippen LogP contribution in [-0.4, -0.2) is 15.3 Å². The van der Waals surface area contributed by atoms with Gasteiger partial charge in [-0.05, 0) is 24.2 Å². The second-order valence-corrected chi connectivity index (χ2v) is 11.6. The van der Waals surface area contributed by atoms with Crippen molar-refractivity contribution in [2.45, 2.75) is 38.9 Å². The van der Waals surface area contributed by atoms with Crippen molar-refractivity contribution in [3.05, 3.63) is 34.8 Å². The molecule has 0 unspecified atom stereocenters. The van der Waals surface area contributed by atoms with Crippen LogP contribution < -0.4 is 4.98 Å². The number of halogens is 1. The van der Waals surface area contributed by atoms with E-state index in [4.69, 9.17) is 0 Å². The Morgan fingerprint density at radius 2 is 1.50 bits per heavy atom. The Morgan fingerprint density at radius 1 is 1.06 bits per heavy atom. The van der Waals surface area contributed by atoms with Crippen molar-refractivity contribution in [2.75, 3.05) is 7.05 Å². The minimum Gasteiger partial charge on any atom is -0.340 e. The summed E-state index contributed by atoms with van der Waals surface area (Å²) in [5.41, 5.74) is 0. The molecule has 0 saturated heterocycles. The van der Waals surface area contributed by atoms with Crippen molar-refractivity contribution in [3.8, 4) is 0 Å². The highest BCUT2D eigenvalue weighted by molar-refractivity contribution is 9.10. The Balaban J connectivity index is 0.000000288. The maximum Gasteiger partial charge on any atom is 0.124 e. The number of hydrogen-bond donors (Lipinski definition) is 1. The van der Waals surface area contributed by atoms with Crippen LogP contribution in [0.15, 0.2) is 34.8 Å². The third kappa shape index (κ3) is 5.82.